The molecule has 2 heterocycles. The van der Waals surface area contributed by atoms with Crippen LogP contribution in [0.4, 0.5) is 0 Å². The van der Waals surface area contributed by atoms with Crippen molar-refractivity contribution in [3.8, 4) is 0 Å². The Morgan fingerprint density at radius 2 is 2.12 bits per heavy atom. The number of aliphatic hydroxyl groups excluding tert-OH is 1. The lowest BCUT2D eigenvalue weighted by Gasteiger charge is -2.23. The monoisotopic (exact) mass is 244 g/mol. The van der Waals surface area contributed by atoms with Crippen molar-refractivity contribution in [2.45, 2.75) is 30.6 Å². The van der Waals surface area contributed by atoms with Crippen LogP contribution in [0.25, 0.3) is 0 Å². The van der Waals surface area contributed by atoms with Gasteiger partial charge in [0.15, 0.2) is 0 Å². The maximum Gasteiger partial charge on any atom is 0.232 e. The summed E-state index contributed by atoms with van der Waals surface area (Å²) in [5.74, 6) is 0.775. The highest BCUT2D eigenvalue weighted by Crippen LogP contribution is 2.21. The molecule has 0 radical (unpaired) electrons. The van der Waals surface area contributed by atoms with E-state index in [4.69, 9.17) is 0 Å². The van der Waals surface area contributed by atoms with Crippen LogP contribution >= 0.6 is 11.8 Å². The van der Waals surface area contributed by atoms with Crippen molar-refractivity contribution in [2.75, 3.05) is 31.9 Å². The first-order valence-corrected chi connectivity index (χ1v) is 7.09. The highest BCUT2D eigenvalue weighted by atomic mass is 32.2. The molecule has 2 rings (SSSR count). The van der Waals surface area contributed by atoms with E-state index in [2.05, 4.69) is 5.32 Å². The van der Waals surface area contributed by atoms with Gasteiger partial charge >= 0.3 is 0 Å². The van der Waals surface area contributed by atoms with Gasteiger partial charge in [0, 0.05) is 18.3 Å². The molecule has 0 aromatic carbocycles. The van der Waals surface area contributed by atoms with Gasteiger partial charge < -0.3 is 15.3 Å². The molecule has 1 atom stereocenters. The SMILES string of the molecule is O=C(CSC1CCNCC1)N1CC[C@H](O)C1. The number of carbonyl (C=O) groups is 1. The van der Waals surface area contributed by atoms with E-state index in [1.807, 2.05) is 0 Å². The first-order chi connectivity index (χ1) is 7.75. The maximum atomic E-state index is 11.8. The molecule has 16 heavy (non-hydrogen) atoms. The van der Waals surface area contributed by atoms with Gasteiger partial charge in [-0.2, -0.15) is 0 Å². The van der Waals surface area contributed by atoms with E-state index >= 15 is 0 Å². The van der Waals surface area contributed by atoms with Crippen LogP contribution in [0.2, 0.25) is 0 Å². The first-order valence-electron chi connectivity index (χ1n) is 6.04. The van der Waals surface area contributed by atoms with Gasteiger partial charge in [-0.05, 0) is 32.4 Å². The average Bonchev–Trinajstić information content (AvgIpc) is 2.74. The number of likely N-dealkylation sites (tertiary alicyclic amines) is 1. The van der Waals surface area contributed by atoms with Crippen molar-refractivity contribution in [3.63, 3.8) is 0 Å². The summed E-state index contributed by atoms with van der Waals surface area (Å²) in [7, 11) is 0. The number of piperidine rings is 1. The second kappa shape index (κ2) is 5.89. The highest BCUT2D eigenvalue weighted by Gasteiger charge is 2.25. The quantitative estimate of drug-likeness (QED) is 0.737. The predicted molar refractivity (Wildman–Crippen MR) is 65.6 cm³/mol. The zero-order valence-electron chi connectivity index (χ0n) is 9.52. The lowest BCUT2D eigenvalue weighted by molar-refractivity contribution is -0.127. The third-order valence-corrected chi connectivity index (χ3v) is 4.60. The van der Waals surface area contributed by atoms with Crippen LogP contribution in [0.5, 0.6) is 0 Å². The van der Waals surface area contributed by atoms with Crippen molar-refractivity contribution < 1.29 is 9.90 Å². The Balaban J connectivity index is 1.67. The number of amides is 1. The molecule has 1 amide bonds. The second-order valence-electron chi connectivity index (χ2n) is 4.54. The van der Waals surface area contributed by atoms with Gasteiger partial charge in [0.05, 0.1) is 11.9 Å². The number of thioether (sulfide) groups is 1. The number of aliphatic hydroxyl groups is 1. The summed E-state index contributed by atoms with van der Waals surface area (Å²) in [5.41, 5.74) is 0. The smallest absolute Gasteiger partial charge is 0.232 e. The third kappa shape index (κ3) is 3.37. The van der Waals surface area contributed by atoms with Crippen LogP contribution in [0.15, 0.2) is 0 Å². The Morgan fingerprint density at radius 1 is 1.38 bits per heavy atom. The van der Waals surface area contributed by atoms with Gasteiger partial charge in [-0.3, -0.25) is 4.79 Å². The minimum Gasteiger partial charge on any atom is -0.391 e. The molecular formula is C11H20N2O2S. The zero-order chi connectivity index (χ0) is 11.4. The summed E-state index contributed by atoms with van der Waals surface area (Å²) < 4.78 is 0. The van der Waals surface area contributed by atoms with Gasteiger partial charge in [-0.25, -0.2) is 0 Å². The molecule has 2 N–H and O–H groups in total. The molecule has 92 valence electrons. The van der Waals surface area contributed by atoms with Crippen molar-refractivity contribution in [3.05, 3.63) is 0 Å². The van der Waals surface area contributed by atoms with Crippen molar-refractivity contribution in [1.29, 1.82) is 0 Å². The normalized spacial score (nSPS) is 27.3. The van der Waals surface area contributed by atoms with Gasteiger partial charge in [-0.15, -0.1) is 11.8 Å². The Bertz CT molecular complexity index is 244. The second-order valence-corrected chi connectivity index (χ2v) is 5.83. The highest BCUT2D eigenvalue weighted by molar-refractivity contribution is 8.00. The molecule has 2 saturated heterocycles. The number of rotatable bonds is 3. The molecule has 5 heteroatoms. The van der Waals surface area contributed by atoms with Crippen molar-refractivity contribution in [2.24, 2.45) is 0 Å². The molecule has 0 spiro atoms. The third-order valence-electron chi connectivity index (χ3n) is 3.24. The van der Waals surface area contributed by atoms with Crippen LogP contribution in [0.1, 0.15) is 19.3 Å². The molecule has 0 saturated carbocycles. The summed E-state index contributed by atoms with van der Waals surface area (Å²) in [6.07, 6.45) is 2.78. The van der Waals surface area contributed by atoms with Gasteiger partial charge in [0.2, 0.25) is 5.91 Å². The van der Waals surface area contributed by atoms with E-state index < -0.39 is 0 Å². The summed E-state index contributed by atoms with van der Waals surface area (Å²) in [6.45, 7) is 3.42. The summed E-state index contributed by atoms with van der Waals surface area (Å²) in [6, 6.07) is 0. The van der Waals surface area contributed by atoms with Crippen LogP contribution in [0.3, 0.4) is 0 Å². The molecule has 0 unspecified atom stereocenters. The molecule has 2 aliphatic heterocycles. The number of β-amino-alcohol motifs (C(OH)–C–C–N with tert-alkyl or cyclic N) is 1. The van der Waals surface area contributed by atoms with E-state index in [0.717, 1.165) is 26.1 Å². The van der Waals surface area contributed by atoms with Crippen molar-refractivity contribution >= 4 is 17.7 Å². The zero-order valence-corrected chi connectivity index (χ0v) is 10.3. The Morgan fingerprint density at radius 3 is 2.75 bits per heavy atom. The van der Waals surface area contributed by atoms with Crippen LogP contribution in [-0.2, 0) is 4.79 Å². The molecule has 2 fully saturated rings. The largest absolute Gasteiger partial charge is 0.391 e. The van der Waals surface area contributed by atoms with E-state index in [1.54, 1.807) is 16.7 Å². The molecule has 2 aliphatic rings. The lowest BCUT2D eigenvalue weighted by Crippen LogP contribution is -2.33. The fourth-order valence-corrected chi connectivity index (χ4v) is 3.34. The average molecular weight is 244 g/mol. The predicted octanol–water partition coefficient (Wildman–Crippen LogP) is 0.0648. The lowest BCUT2D eigenvalue weighted by atomic mass is 10.2. The fourth-order valence-electron chi connectivity index (χ4n) is 2.21. The van der Waals surface area contributed by atoms with E-state index in [1.165, 1.54) is 12.8 Å². The summed E-state index contributed by atoms with van der Waals surface area (Å²) in [5, 5.41) is 13.3. The first kappa shape index (κ1) is 12.2. The van der Waals surface area contributed by atoms with E-state index in [9.17, 15) is 9.90 Å². The fraction of sp³-hybridized carbons (Fsp3) is 0.909. The summed E-state index contributed by atoms with van der Waals surface area (Å²) in [4.78, 5) is 13.6. The Kier molecular flexibility index (Phi) is 4.49. The number of hydrogen-bond donors (Lipinski definition) is 2. The minimum atomic E-state index is -0.298. The topological polar surface area (TPSA) is 52.6 Å². The van der Waals surface area contributed by atoms with Gasteiger partial charge in [0.1, 0.15) is 0 Å². The van der Waals surface area contributed by atoms with Gasteiger partial charge in [0.25, 0.3) is 0 Å². The maximum absolute atomic E-state index is 11.8. The Hall–Kier alpha value is -0.260. The Labute approximate surface area is 101 Å². The minimum absolute atomic E-state index is 0.195. The molecular weight excluding hydrogens is 224 g/mol. The standard InChI is InChI=1S/C11H20N2O2S/c14-9-3-6-13(7-9)11(15)8-16-10-1-4-12-5-2-10/h9-10,12,14H,1-8H2/t9-/m0/s1. The van der Waals surface area contributed by atoms with E-state index in [-0.39, 0.29) is 12.0 Å². The molecule has 4 nitrogen and oxygen atoms in total. The van der Waals surface area contributed by atoms with Crippen LogP contribution < -0.4 is 5.32 Å². The number of carbonyl (C=O) groups excluding carboxylic acids is 1. The molecule has 0 bridgehead atoms. The number of hydrogen-bond acceptors (Lipinski definition) is 4. The number of nitrogens with one attached hydrogen (secondary N) is 1. The molecule has 0 aromatic heterocycles. The van der Waals surface area contributed by atoms with Gasteiger partial charge in [-0.1, -0.05) is 0 Å². The number of nitrogens with zero attached hydrogens (tertiary/aromatic N) is 1. The summed E-state index contributed by atoms with van der Waals surface area (Å²) >= 11 is 1.78. The van der Waals surface area contributed by atoms with Crippen LogP contribution in [-0.4, -0.2) is 59.2 Å². The van der Waals surface area contributed by atoms with Crippen LogP contribution in [0, 0.1) is 0 Å². The van der Waals surface area contributed by atoms with E-state index in [0.29, 0.717) is 17.5 Å². The van der Waals surface area contributed by atoms with Crippen molar-refractivity contribution in [1.82, 2.24) is 10.2 Å². The molecule has 0 aromatic rings. The molecule has 0 aliphatic carbocycles.